The number of likely N-dealkylation sites (N-methyl/N-ethyl adjacent to an activating group) is 1. The average Bonchev–Trinajstić information content (AvgIpc) is 3.50. The van der Waals surface area contributed by atoms with Gasteiger partial charge in [0.15, 0.2) is 0 Å². The van der Waals surface area contributed by atoms with Gasteiger partial charge in [-0.3, -0.25) is 4.90 Å². The average molecular weight is 484 g/mol. The van der Waals surface area contributed by atoms with Gasteiger partial charge in [-0.1, -0.05) is 24.3 Å². The van der Waals surface area contributed by atoms with Gasteiger partial charge < -0.3 is 14.5 Å². The number of hydrogen-bond acceptors (Lipinski definition) is 6. The van der Waals surface area contributed by atoms with Crippen molar-refractivity contribution in [2.75, 3.05) is 32.4 Å². The molecule has 0 amide bonds. The SMILES string of the molecule is CNCCc1ccc(F)cc1.Cc1oc(-c2ccc(CN3CCCC3)cc2)nc1CSCC=O. The third-order valence-corrected chi connectivity index (χ3v) is 6.55. The Kier molecular flexibility index (Phi) is 10.8. The largest absolute Gasteiger partial charge is 0.441 e. The first kappa shape index (κ1) is 26.1. The van der Waals surface area contributed by atoms with Crippen LogP contribution in [0.15, 0.2) is 52.9 Å². The lowest BCUT2D eigenvalue weighted by atomic mass is 10.1. The highest BCUT2D eigenvalue weighted by Crippen LogP contribution is 2.25. The minimum atomic E-state index is -0.168. The van der Waals surface area contributed by atoms with Crippen molar-refractivity contribution in [2.24, 2.45) is 0 Å². The Morgan fingerprint density at radius 3 is 2.41 bits per heavy atom. The molecular formula is C27H34FN3O2S. The molecule has 0 atom stereocenters. The second-order valence-electron chi connectivity index (χ2n) is 8.36. The molecule has 2 aromatic carbocycles. The Hall–Kier alpha value is -2.48. The summed E-state index contributed by atoms with van der Waals surface area (Å²) in [4.78, 5) is 17.5. The van der Waals surface area contributed by atoms with Crippen LogP contribution in [-0.2, 0) is 23.5 Å². The van der Waals surface area contributed by atoms with Crippen LogP contribution in [0.25, 0.3) is 11.5 Å². The number of oxazole rings is 1. The van der Waals surface area contributed by atoms with Gasteiger partial charge in [0, 0.05) is 23.6 Å². The van der Waals surface area contributed by atoms with E-state index in [2.05, 4.69) is 39.5 Å². The van der Waals surface area contributed by atoms with Gasteiger partial charge in [-0.15, -0.1) is 11.8 Å². The van der Waals surface area contributed by atoms with E-state index in [4.69, 9.17) is 4.42 Å². The number of likely N-dealkylation sites (tertiary alicyclic amines) is 1. The zero-order chi connectivity index (χ0) is 24.2. The molecule has 1 aliphatic heterocycles. The predicted molar refractivity (Wildman–Crippen MR) is 137 cm³/mol. The molecule has 0 bridgehead atoms. The highest BCUT2D eigenvalue weighted by molar-refractivity contribution is 7.99. The van der Waals surface area contributed by atoms with Crippen molar-refractivity contribution < 1.29 is 13.6 Å². The topological polar surface area (TPSA) is 58.4 Å². The van der Waals surface area contributed by atoms with Crippen molar-refractivity contribution in [3.05, 3.63) is 76.9 Å². The molecule has 3 aromatic rings. The summed E-state index contributed by atoms with van der Waals surface area (Å²) in [5.74, 6) is 2.53. The van der Waals surface area contributed by atoms with Crippen LogP contribution in [0.3, 0.4) is 0 Å². The number of nitrogens with one attached hydrogen (secondary N) is 1. The van der Waals surface area contributed by atoms with E-state index in [1.54, 1.807) is 11.8 Å². The second-order valence-corrected chi connectivity index (χ2v) is 9.39. The van der Waals surface area contributed by atoms with E-state index in [-0.39, 0.29) is 5.82 Å². The lowest BCUT2D eigenvalue weighted by Crippen LogP contribution is -2.18. The number of carbonyl (C=O) groups excluding carboxylic acids is 1. The van der Waals surface area contributed by atoms with Gasteiger partial charge in [0.1, 0.15) is 17.9 Å². The smallest absolute Gasteiger partial charge is 0.226 e. The summed E-state index contributed by atoms with van der Waals surface area (Å²) in [7, 11) is 1.91. The minimum Gasteiger partial charge on any atom is -0.441 e. The normalized spacial score (nSPS) is 13.5. The molecule has 1 fully saturated rings. The number of hydrogen-bond donors (Lipinski definition) is 1. The lowest BCUT2D eigenvalue weighted by Gasteiger charge is -2.14. The van der Waals surface area contributed by atoms with Crippen LogP contribution in [-0.4, -0.2) is 48.6 Å². The quantitative estimate of drug-likeness (QED) is 0.313. The zero-order valence-electron chi connectivity index (χ0n) is 20.1. The molecule has 0 radical (unpaired) electrons. The van der Waals surface area contributed by atoms with Gasteiger partial charge >= 0.3 is 0 Å². The summed E-state index contributed by atoms with van der Waals surface area (Å²) in [5.41, 5.74) is 4.43. The molecule has 4 rings (SSSR count). The number of benzene rings is 2. The lowest BCUT2D eigenvalue weighted by molar-refractivity contribution is -0.105. The van der Waals surface area contributed by atoms with Crippen LogP contribution in [0.1, 0.15) is 35.4 Å². The maximum Gasteiger partial charge on any atom is 0.226 e. The van der Waals surface area contributed by atoms with Gasteiger partial charge in [0.2, 0.25) is 5.89 Å². The van der Waals surface area contributed by atoms with Crippen LogP contribution >= 0.6 is 11.8 Å². The van der Waals surface area contributed by atoms with Crippen LogP contribution in [0, 0.1) is 12.7 Å². The molecule has 182 valence electrons. The number of aldehydes is 1. The second kappa shape index (κ2) is 14.0. The molecule has 0 spiro atoms. The highest BCUT2D eigenvalue weighted by Gasteiger charge is 2.13. The fourth-order valence-corrected chi connectivity index (χ4v) is 4.44. The van der Waals surface area contributed by atoms with E-state index in [0.29, 0.717) is 17.4 Å². The van der Waals surface area contributed by atoms with Gasteiger partial charge in [0.25, 0.3) is 0 Å². The molecule has 5 nitrogen and oxygen atoms in total. The van der Waals surface area contributed by atoms with Crippen LogP contribution < -0.4 is 5.32 Å². The van der Waals surface area contributed by atoms with Crippen molar-refractivity contribution in [3.63, 3.8) is 0 Å². The summed E-state index contributed by atoms with van der Waals surface area (Å²) < 4.78 is 18.2. The van der Waals surface area contributed by atoms with E-state index in [1.165, 1.54) is 49.2 Å². The van der Waals surface area contributed by atoms with E-state index in [1.807, 2.05) is 26.1 Å². The van der Waals surface area contributed by atoms with Crippen LogP contribution in [0.2, 0.25) is 0 Å². The molecule has 2 heterocycles. The number of halogens is 1. The maximum absolute atomic E-state index is 12.4. The predicted octanol–water partition coefficient (Wildman–Crippen LogP) is 5.27. The van der Waals surface area contributed by atoms with Crippen molar-refractivity contribution in [3.8, 4) is 11.5 Å². The third-order valence-electron chi connectivity index (χ3n) is 5.70. The Morgan fingerprint density at radius 1 is 1.09 bits per heavy atom. The zero-order valence-corrected chi connectivity index (χ0v) is 20.9. The maximum atomic E-state index is 12.4. The van der Waals surface area contributed by atoms with Crippen molar-refractivity contribution in [1.82, 2.24) is 15.2 Å². The Bertz CT molecular complexity index is 1000. The van der Waals surface area contributed by atoms with Gasteiger partial charge in [-0.05, 0) is 88.3 Å². The first-order chi connectivity index (χ1) is 16.6. The van der Waals surface area contributed by atoms with E-state index in [9.17, 15) is 9.18 Å². The highest BCUT2D eigenvalue weighted by atomic mass is 32.2. The molecular weight excluding hydrogens is 449 g/mol. The molecule has 1 aliphatic rings. The third kappa shape index (κ3) is 8.38. The fourth-order valence-electron chi connectivity index (χ4n) is 3.76. The molecule has 34 heavy (non-hydrogen) atoms. The van der Waals surface area contributed by atoms with Crippen molar-refractivity contribution in [2.45, 2.75) is 38.5 Å². The fraction of sp³-hybridized carbons (Fsp3) is 0.407. The number of aromatic nitrogens is 1. The Balaban J connectivity index is 0.000000248. The van der Waals surface area contributed by atoms with Gasteiger partial charge in [-0.2, -0.15) is 0 Å². The molecule has 1 aromatic heterocycles. The van der Waals surface area contributed by atoms with Crippen molar-refractivity contribution >= 4 is 18.0 Å². The van der Waals surface area contributed by atoms with Gasteiger partial charge in [-0.25, -0.2) is 9.37 Å². The number of nitrogens with zero attached hydrogens (tertiary/aromatic N) is 2. The summed E-state index contributed by atoms with van der Waals surface area (Å²) in [5, 5.41) is 3.04. The Morgan fingerprint density at radius 2 is 1.76 bits per heavy atom. The molecule has 0 unspecified atom stereocenters. The molecule has 0 saturated carbocycles. The standard InChI is InChI=1S/C18H22N2O2S.C9H12FN/c1-14-17(13-23-11-10-21)19-18(22-14)16-6-4-15(5-7-16)12-20-8-2-3-9-20;1-11-7-6-8-2-4-9(10)5-3-8/h4-7,10H,2-3,8-9,11-13H2,1H3;2-5,11H,6-7H2,1H3. The molecule has 0 aliphatic carbocycles. The molecule has 7 heteroatoms. The minimum absolute atomic E-state index is 0.168. The van der Waals surface area contributed by atoms with E-state index in [0.717, 1.165) is 42.8 Å². The summed E-state index contributed by atoms with van der Waals surface area (Å²) in [6.45, 7) is 6.31. The summed E-state index contributed by atoms with van der Waals surface area (Å²) in [6.07, 6.45) is 4.51. The molecule has 1 N–H and O–H groups in total. The van der Waals surface area contributed by atoms with Crippen molar-refractivity contribution in [1.29, 1.82) is 0 Å². The number of rotatable bonds is 10. The van der Waals surface area contributed by atoms with E-state index >= 15 is 0 Å². The first-order valence-corrected chi connectivity index (χ1v) is 12.9. The molecule has 1 saturated heterocycles. The van der Waals surface area contributed by atoms with Gasteiger partial charge in [0.05, 0.1) is 5.69 Å². The van der Waals surface area contributed by atoms with Crippen LogP contribution in [0.4, 0.5) is 4.39 Å². The first-order valence-electron chi connectivity index (χ1n) is 11.8. The number of thioether (sulfide) groups is 1. The monoisotopic (exact) mass is 483 g/mol. The summed E-state index contributed by atoms with van der Waals surface area (Å²) >= 11 is 1.55. The summed E-state index contributed by atoms with van der Waals surface area (Å²) in [6, 6.07) is 15.1. The van der Waals surface area contributed by atoms with E-state index < -0.39 is 0 Å². The van der Waals surface area contributed by atoms with Crippen LogP contribution in [0.5, 0.6) is 0 Å². The number of carbonyl (C=O) groups is 1. The Labute approximate surface area is 206 Å². The number of aryl methyl sites for hydroxylation is 1.